The number of carbonyl (C=O) groups excluding carboxylic acids is 2. The summed E-state index contributed by atoms with van der Waals surface area (Å²) in [5, 5.41) is 2.52. The van der Waals surface area contributed by atoms with Gasteiger partial charge in [-0.1, -0.05) is 28.1 Å². The topological polar surface area (TPSA) is 55.4 Å². The smallest absolute Gasteiger partial charge is 0.330 e. The highest BCUT2D eigenvalue weighted by Gasteiger charge is 2.12. The third kappa shape index (κ3) is 4.50. The maximum absolute atomic E-state index is 14.0. The lowest BCUT2D eigenvalue weighted by Gasteiger charge is -2.10. The summed E-state index contributed by atoms with van der Waals surface area (Å²) in [7, 11) is 1.24. The Hall–Kier alpha value is -2.47. The van der Waals surface area contributed by atoms with E-state index in [0.29, 0.717) is 11.1 Å². The minimum absolute atomic E-state index is 0.000529. The predicted octanol–water partition coefficient (Wildman–Crippen LogP) is 4.03. The van der Waals surface area contributed by atoms with E-state index in [1.807, 2.05) is 0 Å². The summed E-state index contributed by atoms with van der Waals surface area (Å²) < 4.78 is 19.4. The van der Waals surface area contributed by atoms with E-state index in [9.17, 15) is 14.0 Å². The van der Waals surface area contributed by atoms with Crippen LogP contribution in [0.25, 0.3) is 6.08 Å². The third-order valence-corrected chi connectivity index (χ3v) is 3.52. The number of benzene rings is 2. The van der Waals surface area contributed by atoms with E-state index in [1.165, 1.54) is 25.3 Å². The number of ether oxygens (including phenoxy) is 1. The Balaban J connectivity index is 2.28. The number of methoxy groups -OCH3 is 1. The van der Waals surface area contributed by atoms with Crippen molar-refractivity contribution in [1.82, 2.24) is 0 Å². The molecular weight excluding hydrogens is 365 g/mol. The molecule has 0 saturated carbocycles. The van der Waals surface area contributed by atoms with Gasteiger partial charge in [0.15, 0.2) is 0 Å². The number of amides is 1. The minimum Gasteiger partial charge on any atom is -0.466 e. The van der Waals surface area contributed by atoms with Crippen molar-refractivity contribution in [3.63, 3.8) is 0 Å². The lowest BCUT2D eigenvalue weighted by Crippen LogP contribution is -2.14. The summed E-state index contributed by atoms with van der Waals surface area (Å²) in [6.07, 6.45) is 2.54. The standard InChI is InChI=1S/C17H13BrFNO3/c1-23-15(21)10-7-11-3-2-4-14(19)16(11)20-17(22)12-5-8-13(18)9-6-12/h2-10H,1H3,(H,20,22)/b10-7+. The molecular formula is C17H13BrFNO3. The molecule has 118 valence electrons. The van der Waals surface area contributed by atoms with Crippen LogP contribution in [0.3, 0.4) is 0 Å². The van der Waals surface area contributed by atoms with Crippen LogP contribution in [-0.4, -0.2) is 19.0 Å². The molecule has 0 saturated heterocycles. The molecule has 0 atom stereocenters. The van der Waals surface area contributed by atoms with E-state index >= 15 is 0 Å². The van der Waals surface area contributed by atoms with Gasteiger partial charge in [-0.15, -0.1) is 0 Å². The second-order valence-electron chi connectivity index (χ2n) is 4.52. The molecule has 1 amide bonds. The molecule has 6 heteroatoms. The number of esters is 1. The first-order valence-electron chi connectivity index (χ1n) is 6.62. The Morgan fingerprint density at radius 2 is 1.87 bits per heavy atom. The molecule has 0 spiro atoms. The summed E-state index contributed by atoms with van der Waals surface area (Å²) >= 11 is 3.28. The summed E-state index contributed by atoms with van der Waals surface area (Å²) in [5.41, 5.74) is 0.751. The number of para-hydroxylation sites is 1. The van der Waals surface area contributed by atoms with E-state index in [1.54, 1.807) is 30.3 Å². The van der Waals surface area contributed by atoms with Crippen LogP contribution in [0.15, 0.2) is 53.0 Å². The molecule has 0 unspecified atom stereocenters. The number of hydrogen-bond donors (Lipinski definition) is 1. The van der Waals surface area contributed by atoms with Gasteiger partial charge in [0.1, 0.15) is 5.82 Å². The fourth-order valence-corrected chi connectivity index (χ4v) is 2.09. The zero-order valence-electron chi connectivity index (χ0n) is 12.2. The summed E-state index contributed by atoms with van der Waals surface area (Å²) in [6, 6.07) is 11.0. The number of nitrogens with one attached hydrogen (secondary N) is 1. The van der Waals surface area contributed by atoms with Crippen molar-refractivity contribution in [1.29, 1.82) is 0 Å². The van der Waals surface area contributed by atoms with Crippen LogP contribution >= 0.6 is 15.9 Å². The number of hydrogen-bond acceptors (Lipinski definition) is 3. The third-order valence-electron chi connectivity index (χ3n) is 2.99. The van der Waals surface area contributed by atoms with E-state index < -0.39 is 17.7 Å². The van der Waals surface area contributed by atoms with Gasteiger partial charge in [-0.2, -0.15) is 0 Å². The molecule has 0 aliphatic heterocycles. The number of carbonyl (C=O) groups is 2. The second-order valence-corrected chi connectivity index (χ2v) is 5.44. The Morgan fingerprint density at radius 3 is 2.52 bits per heavy atom. The van der Waals surface area contributed by atoms with Crippen molar-refractivity contribution in [3.05, 3.63) is 70.0 Å². The molecule has 0 heterocycles. The molecule has 0 bridgehead atoms. The van der Waals surface area contributed by atoms with Gasteiger partial charge >= 0.3 is 5.97 Å². The van der Waals surface area contributed by atoms with Crippen molar-refractivity contribution in [3.8, 4) is 0 Å². The molecule has 0 radical (unpaired) electrons. The number of halogens is 2. The van der Waals surface area contributed by atoms with E-state index in [0.717, 1.165) is 10.5 Å². The van der Waals surface area contributed by atoms with Crippen molar-refractivity contribution >= 4 is 39.6 Å². The lowest BCUT2D eigenvalue weighted by atomic mass is 10.1. The van der Waals surface area contributed by atoms with E-state index in [-0.39, 0.29) is 5.69 Å². The molecule has 23 heavy (non-hydrogen) atoms. The Labute approximate surface area is 141 Å². The highest BCUT2D eigenvalue weighted by molar-refractivity contribution is 9.10. The van der Waals surface area contributed by atoms with Gasteiger partial charge in [0, 0.05) is 21.7 Å². The van der Waals surface area contributed by atoms with Crippen LogP contribution in [0.1, 0.15) is 15.9 Å². The molecule has 0 aliphatic carbocycles. The fourth-order valence-electron chi connectivity index (χ4n) is 1.82. The van der Waals surface area contributed by atoms with Crippen LogP contribution in [-0.2, 0) is 9.53 Å². The molecule has 0 aliphatic rings. The van der Waals surface area contributed by atoms with Crippen LogP contribution in [0, 0.1) is 5.82 Å². The van der Waals surface area contributed by atoms with Gasteiger partial charge < -0.3 is 10.1 Å². The van der Waals surface area contributed by atoms with E-state index in [4.69, 9.17) is 0 Å². The van der Waals surface area contributed by atoms with Gasteiger partial charge in [-0.05, 0) is 36.4 Å². The second kappa shape index (κ2) is 7.69. The Morgan fingerprint density at radius 1 is 1.17 bits per heavy atom. The highest BCUT2D eigenvalue weighted by Crippen LogP contribution is 2.22. The monoisotopic (exact) mass is 377 g/mol. The van der Waals surface area contributed by atoms with Gasteiger partial charge in [0.2, 0.25) is 0 Å². The van der Waals surface area contributed by atoms with E-state index in [2.05, 4.69) is 26.0 Å². The Bertz CT molecular complexity index is 757. The van der Waals surface area contributed by atoms with Gasteiger partial charge in [0.25, 0.3) is 5.91 Å². The summed E-state index contributed by atoms with van der Waals surface area (Å²) in [4.78, 5) is 23.4. The Kier molecular flexibility index (Phi) is 5.65. The first kappa shape index (κ1) is 16.9. The molecule has 1 N–H and O–H groups in total. The largest absolute Gasteiger partial charge is 0.466 e. The van der Waals surface area contributed by atoms with Gasteiger partial charge in [-0.25, -0.2) is 9.18 Å². The average molecular weight is 378 g/mol. The molecule has 0 fully saturated rings. The highest BCUT2D eigenvalue weighted by atomic mass is 79.9. The normalized spacial score (nSPS) is 10.6. The SMILES string of the molecule is COC(=O)/C=C/c1cccc(F)c1NC(=O)c1ccc(Br)cc1. The molecule has 2 rings (SSSR count). The molecule has 0 aromatic heterocycles. The van der Waals surface area contributed by atoms with Crippen molar-refractivity contribution in [2.45, 2.75) is 0 Å². The van der Waals surface area contributed by atoms with Crippen LogP contribution in [0.2, 0.25) is 0 Å². The molecule has 4 nitrogen and oxygen atoms in total. The van der Waals surface area contributed by atoms with Crippen molar-refractivity contribution in [2.75, 3.05) is 12.4 Å². The fraction of sp³-hybridized carbons (Fsp3) is 0.0588. The molecule has 2 aromatic rings. The molecule has 2 aromatic carbocycles. The van der Waals surface area contributed by atoms with Crippen LogP contribution < -0.4 is 5.32 Å². The maximum Gasteiger partial charge on any atom is 0.330 e. The van der Waals surface area contributed by atoms with Crippen LogP contribution in [0.5, 0.6) is 0 Å². The van der Waals surface area contributed by atoms with Crippen LogP contribution in [0.4, 0.5) is 10.1 Å². The number of anilines is 1. The van der Waals surface area contributed by atoms with Gasteiger partial charge in [-0.3, -0.25) is 4.79 Å². The summed E-state index contributed by atoms with van der Waals surface area (Å²) in [5.74, 6) is -1.61. The predicted molar refractivity (Wildman–Crippen MR) is 89.5 cm³/mol. The first-order valence-corrected chi connectivity index (χ1v) is 7.42. The zero-order chi connectivity index (χ0) is 16.8. The number of rotatable bonds is 4. The minimum atomic E-state index is -0.595. The maximum atomic E-state index is 14.0. The quantitative estimate of drug-likeness (QED) is 0.646. The average Bonchev–Trinajstić information content (AvgIpc) is 2.55. The van der Waals surface area contributed by atoms with Crippen molar-refractivity contribution in [2.24, 2.45) is 0 Å². The van der Waals surface area contributed by atoms with Gasteiger partial charge in [0.05, 0.1) is 12.8 Å². The summed E-state index contributed by atoms with van der Waals surface area (Å²) in [6.45, 7) is 0. The first-order chi connectivity index (χ1) is 11.0. The van der Waals surface area contributed by atoms with Crippen molar-refractivity contribution < 1.29 is 18.7 Å². The lowest BCUT2D eigenvalue weighted by molar-refractivity contribution is -0.134. The zero-order valence-corrected chi connectivity index (χ0v) is 13.8.